The van der Waals surface area contributed by atoms with Crippen LogP contribution in [0.4, 0.5) is 0 Å². The van der Waals surface area contributed by atoms with Gasteiger partial charge in [0.05, 0.1) is 6.42 Å². The molecule has 0 heterocycles. The van der Waals surface area contributed by atoms with Crippen molar-refractivity contribution in [1.82, 2.24) is 0 Å². The van der Waals surface area contributed by atoms with Crippen molar-refractivity contribution < 1.29 is 24.2 Å². The number of aliphatic hydroxyl groups is 1. The fourth-order valence-corrected chi connectivity index (χ4v) is 0.987. The van der Waals surface area contributed by atoms with Crippen molar-refractivity contribution in [2.75, 3.05) is 0 Å². The molecule has 0 aromatic rings. The van der Waals surface area contributed by atoms with Crippen LogP contribution in [0.25, 0.3) is 0 Å². The van der Waals surface area contributed by atoms with Gasteiger partial charge in [0, 0.05) is 0 Å². The van der Waals surface area contributed by atoms with Crippen LogP contribution in [0.15, 0.2) is 25.3 Å². The summed E-state index contributed by atoms with van der Waals surface area (Å²) in [5, 5.41) is 9.58. The molecule has 1 atom stereocenters. The predicted molar refractivity (Wildman–Crippen MR) is 71.4 cm³/mol. The Hall–Kier alpha value is -1.62. The maximum atomic E-state index is 11.5. The molecule has 0 bridgehead atoms. The Morgan fingerprint density at radius 1 is 1.11 bits per heavy atom. The minimum Gasteiger partial charge on any atom is -0.455 e. The van der Waals surface area contributed by atoms with Crippen LogP contribution >= 0.6 is 0 Å². The molecule has 0 aliphatic rings. The van der Waals surface area contributed by atoms with Crippen molar-refractivity contribution >= 4 is 11.9 Å². The van der Waals surface area contributed by atoms with Crippen molar-refractivity contribution in [2.24, 2.45) is 0 Å². The number of carbonyl (C=O) groups excluding carboxylic acids is 2. The molecule has 5 heteroatoms. The van der Waals surface area contributed by atoms with Crippen molar-refractivity contribution in [3.8, 4) is 0 Å². The summed E-state index contributed by atoms with van der Waals surface area (Å²) in [7, 11) is 0. The average molecular weight is 270 g/mol. The number of carbonyl (C=O) groups is 2. The highest BCUT2D eigenvalue weighted by Gasteiger charge is 2.28. The van der Waals surface area contributed by atoms with Gasteiger partial charge in [-0.1, -0.05) is 13.2 Å². The highest BCUT2D eigenvalue weighted by Crippen LogP contribution is 2.15. The van der Waals surface area contributed by atoms with Crippen LogP contribution in [0.3, 0.4) is 0 Å². The summed E-state index contributed by atoms with van der Waals surface area (Å²) in [5.41, 5.74) is -1.75. The molecule has 108 valence electrons. The van der Waals surface area contributed by atoms with E-state index in [9.17, 15) is 14.7 Å². The van der Waals surface area contributed by atoms with Crippen LogP contribution in [0.2, 0.25) is 0 Å². The summed E-state index contributed by atoms with van der Waals surface area (Å²) in [4.78, 5) is 23.0. The number of ether oxygens (including phenoxy) is 2. The lowest BCUT2D eigenvalue weighted by Gasteiger charge is -2.24. The number of hydrogen-bond acceptors (Lipinski definition) is 5. The fraction of sp³-hybridized carbons (Fsp3) is 0.571. The van der Waals surface area contributed by atoms with Crippen LogP contribution in [0, 0.1) is 0 Å². The highest BCUT2D eigenvalue weighted by molar-refractivity contribution is 5.82. The quantitative estimate of drug-likeness (QED) is 0.563. The van der Waals surface area contributed by atoms with Crippen molar-refractivity contribution in [3.63, 3.8) is 0 Å². The number of hydrogen-bond donors (Lipinski definition) is 1. The van der Waals surface area contributed by atoms with E-state index in [2.05, 4.69) is 13.2 Å². The van der Waals surface area contributed by atoms with Gasteiger partial charge >= 0.3 is 11.9 Å². The molecule has 0 spiro atoms. The SMILES string of the molecule is C=CC(C)(C)OC(=O)C[C@H](O)C(=O)OC(C)(C)C=C. The molecule has 0 aromatic carbocycles. The van der Waals surface area contributed by atoms with Gasteiger partial charge in [0.2, 0.25) is 0 Å². The largest absolute Gasteiger partial charge is 0.455 e. The Kier molecular flexibility index (Phi) is 5.96. The molecule has 0 amide bonds. The summed E-state index contributed by atoms with van der Waals surface area (Å²) < 4.78 is 9.99. The van der Waals surface area contributed by atoms with Gasteiger partial charge in [-0.15, -0.1) is 0 Å². The second kappa shape index (κ2) is 6.52. The molecule has 0 saturated carbocycles. The first-order valence-electron chi connectivity index (χ1n) is 5.93. The third-order valence-electron chi connectivity index (χ3n) is 2.36. The lowest BCUT2D eigenvalue weighted by Crippen LogP contribution is -2.35. The second-order valence-corrected chi connectivity index (χ2v) is 5.23. The third-order valence-corrected chi connectivity index (χ3v) is 2.36. The Morgan fingerprint density at radius 2 is 1.53 bits per heavy atom. The second-order valence-electron chi connectivity index (χ2n) is 5.23. The third kappa shape index (κ3) is 6.76. The average Bonchev–Trinajstić information content (AvgIpc) is 2.27. The number of esters is 2. The zero-order valence-electron chi connectivity index (χ0n) is 11.9. The topological polar surface area (TPSA) is 72.8 Å². The van der Waals surface area contributed by atoms with Gasteiger partial charge in [0.15, 0.2) is 6.10 Å². The van der Waals surface area contributed by atoms with Gasteiger partial charge < -0.3 is 14.6 Å². The van der Waals surface area contributed by atoms with Crippen LogP contribution in [0.1, 0.15) is 34.1 Å². The molecule has 0 radical (unpaired) electrons. The Bertz CT molecular complexity index is 368. The molecule has 0 fully saturated rings. The zero-order valence-corrected chi connectivity index (χ0v) is 11.9. The van der Waals surface area contributed by atoms with E-state index in [1.165, 1.54) is 12.2 Å². The van der Waals surface area contributed by atoms with Gasteiger partial charge in [-0.2, -0.15) is 0 Å². The van der Waals surface area contributed by atoms with E-state index in [-0.39, 0.29) is 0 Å². The first kappa shape index (κ1) is 17.4. The standard InChI is InChI=1S/C14H22O5/c1-7-13(3,4)18-11(16)9-10(15)12(17)19-14(5,6)8-2/h7-8,10,15H,1-2,9H2,3-6H3/t10-/m0/s1. The molecule has 1 N–H and O–H groups in total. The van der Waals surface area contributed by atoms with Crippen LogP contribution in [-0.2, 0) is 19.1 Å². The first-order valence-corrected chi connectivity index (χ1v) is 5.93. The molecule has 0 aliphatic heterocycles. The molecule has 0 aromatic heterocycles. The normalized spacial score (nSPS) is 13.3. The number of aliphatic hydroxyl groups excluding tert-OH is 1. The molecule has 5 nitrogen and oxygen atoms in total. The van der Waals surface area contributed by atoms with E-state index in [4.69, 9.17) is 9.47 Å². The Morgan fingerprint density at radius 3 is 1.95 bits per heavy atom. The molecule has 0 unspecified atom stereocenters. The summed E-state index contributed by atoms with van der Waals surface area (Å²) in [5.74, 6) is -1.59. The summed E-state index contributed by atoms with van der Waals surface area (Å²) in [6.45, 7) is 13.5. The fourth-order valence-electron chi connectivity index (χ4n) is 0.987. The van der Waals surface area contributed by atoms with E-state index >= 15 is 0 Å². The Labute approximate surface area is 113 Å². The smallest absolute Gasteiger partial charge is 0.336 e. The van der Waals surface area contributed by atoms with Gasteiger partial charge in [-0.25, -0.2) is 4.79 Å². The summed E-state index contributed by atoms with van der Waals surface area (Å²) in [6.07, 6.45) is 0.851. The van der Waals surface area contributed by atoms with E-state index < -0.39 is 35.7 Å². The van der Waals surface area contributed by atoms with Gasteiger partial charge in [-0.3, -0.25) is 4.79 Å². The van der Waals surface area contributed by atoms with Crippen molar-refractivity contribution in [2.45, 2.75) is 51.4 Å². The van der Waals surface area contributed by atoms with Gasteiger partial charge in [0.25, 0.3) is 0 Å². The van der Waals surface area contributed by atoms with Crippen molar-refractivity contribution in [1.29, 1.82) is 0 Å². The highest BCUT2D eigenvalue weighted by atomic mass is 16.6. The van der Waals surface area contributed by atoms with Crippen LogP contribution in [0.5, 0.6) is 0 Å². The van der Waals surface area contributed by atoms with E-state index in [1.807, 2.05) is 0 Å². The van der Waals surface area contributed by atoms with Gasteiger partial charge in [0.1, 0.15) is 11.2 Å². The molecule has 19 heavy (non-hydrogen) atoms. The lowest BCUT2D eigenvalue weighted by molar-refractivity contribution is -0.169. The van der Waals surface area contributed by atoms with Crippen LogP contribution < -0.4 is 0 Å². The van der Waals surface area contributed by atoms with E-state index in [0.717, 1.165) is 0 Å². The first-order chi connectivity index (χ1) is 8.53. The Balaban J connectivity index is 4.42. The lowest BCUT2D eigenvalue weighted by atomic mass is 10.1. The van der Waals surface area contributed by atoms with Crippen LogP contribution in [-0.4, -0.2) is 34.4 Å². The van der Waals surface area contributed by atoms with Crippen molar-refractivity contribution in [3.05, 3.63) is 25.3 Å². The summed E-state index contributed by atoms with van der Waals surface area (Å²) in [6, 6.07) is 0. The molecular formula is C14H22O5. The van der Waals surface area contributed by atoms with E-state index in [1.54, 1.807) is 27.7 Å². The minimum absolute atomic E-state index is 0.469. The molecular weight excluding hydrogens is 248 g/mol. The maximum Gasteiger partial charge on any atom is 0.336 e. The molecule has 0 rings (SSSR count). The monoisotopic (exact) mass is 270 g/mol. The van der Waals surface area contributed by atoms with Gasteiger partial charge in [-0.05, 0) is 39.8 Å². The number of rotatable bonds is 7. The predicted octanol–water partition coefficient (Wildman–Crippen LogP) is 1.75. The molecule has 0 aliphatic carbocycles. The van der Waals surface area contributed by atoms with E-state index in [0.29, 0.717) is 0 Å². The zero-order chi connectivity index (χ0) is 15.3. The maximum absolute atomic E-state index is 11.5. The molecule has 0 saturated heterocycles. The summed E-state index contributed by atoms with van der Waals surface area (Å²) >= 11 is 0. The minimum atomic E-state index is -1.56.